The van der Waals surface area contributed by atoms with E-state index in [1.165, 1.54) is 16.7 Å². The lowest BCUT2D eigenvalue weighted by atomic mass is 10.0. The van der Waals surface area contributed by atoms with Gasteiger partial charge in [0.1, 0.15) is 17.2 Å². The SMILES string of the molecule is Cc1cc(C)n2c(N)c(-c3cccc(C)c3C)nc2c1. The van der Waals surface area contributed by atoms with Crippen molar-refractivity contribution in [3.8, 4) is 11.3 Å². The Balaban J connectivity index is 2.35. The number of pyridine rings is 1. The first-order valence-electron chi connectivity index (χ1n) is 6.81. The van der Waals surface area contributed by atoms with Crippen molar-refractivity contribution < 1.29 is 0 Å². The summed E-state index contributed by atoms with van der Waals surface area (Å²) >= 11 is 0. The Morgan fingerprint density at radius 3 is 2.55 bits per heavy atom. The van der Waals surface area contributed by atoms with Crippen LogP contribution >= 0.6 is 0 Å². The van der Waals surface area contributed by atoms with Crippen LogP contribution in [-0.4, -0.2) is 9.38 Å². The number of hydrogen-bond donors (Lipinski definition) is 1. The first-order chi connectivity index (χ1) is 9.49. The van der Waals surface area contributed by atoms with Crippen LogP contribution in [0.2, 0.25) is 0 Å². The number of aromatic nitrogens is 2. The van der Waals surface area contributed by atoms with Crippen LogP contribution in [0.3, 0.4) is 0 Å². The summed E-state index contributed by atoms with van der Waals surface area (Å²) in [5.41, 5.74) is 14.0. The van der Waals surface area contributed by atoms with Crippen molar-refractivity contribution in [1.29, 1.82) is 0 Å². The Labute approximate surface area is 119 Å². The van der Waals surface area contributed by atoms with Crippen LogP contribution in [0.5, 0.6) is 0 Å². The zero-order chi connectivity index (χ0) is 14.4. The maximum absolute atomic E-state index is 6.34. The molecule has 3 heteroatoms. The first kappa shape index (κ1) is 12.7. The van der Waals surface area contributed by atoms with Crippen molar-refractivity contribution in [1.82, 2.24) is 9.38 Å². The van der Waals surface area contributed by atoms with Gasteiger partial charge in [0.2, 0.25) is 0 Å². The monoisotopic (exact) mass is 265 g/mol. The van der Waals surface area contributed by atoms with Crippen molar-refractivity contribution >= 4 is 11.5 Å². The molecule has 2 N–H and O–H groups in total. The lowest BCUT2D eigenvalue weighted by Crippen LogP contribution is -1.98. The number of anilines is 1. The molecule has 0 amide bonds. The number of imidazole rings is 1. The summed E-state index contributed by atoms with van der Waals surface area (Å²) in [6.45, 7) is 8.37. The predicted octanol–water partition coefficient (Wildman–Crippen LogP) is 3.82. The normalized spacial score (nSPS) is 11.2. The van der Waals surface area contributed by atoms with Crippen LogP contribution in [0.4, 0.5) is 5.82 Å². The van der Waals surface area contributed by atoms with Gasteiger partial charge in [0.25, 0.3) is 0 Å². The van der Waals surface area contributed by atoms with Crippen LogP contribution in [0.25, 0.3) is 16.9 Å². The zero-order valence-electron chi connectivity index (χ0n) is 12.4. The lowest BCUT2D eigenvalue weighted by molar-refractivity contribution is 1.09. The van der Waals surface area contributed by atoms with Crippen LogP contribution < -0.4 is 5.73 Å². The first-order valence-corrected chi connectivity index (χ1v) is 6.81. The molecule has 3 aromatic rings. The molecule has 0 bridgehead atoms. The van der Waals surface area contributed by atoms with Crippen molar-refractivity contribution in [3.63, 3.8) is 0 Å². The van der Waals surface area contributed by atoms with E-state index in [0.717, 1.165) is 22.6 Å². The Morgan fingerprint density at radius 1 is 1.05 bits per heavy atom. The lowest BCUT2D eigenvalue weighted by Gasteiger charge is -2.07. The maximum atomic E-state index is 6.34. The molecule has 0 spiro atoms. The van der Waals surface area contributed by atoms with E-state index in [0.29, 0.717) is 5.82 Å². The van der Waals surface area contributed by atoms with Crippen LogP contribution in [-0.2, 0) is 0 Å². The van der Waals surface area contributed by atoms with Crippen molar-refractivity contribution in [2.24, 2.45) is 0 Å². The molecule has 0 atom stereocenters. The predicted molar refractivity (Wildman–Crippen MR) is 84.0 cm³/mol. The third-order valence-electron chi connectivity index (χ3n) is 3.94. The molecule has 0 aliphatic carbocycles. The summed E-state index contributed by atoms with van der Waals surface area (Å²) in [5, 5.41) is 0. The Bertz CT molecular complexity index is 813. The molecule has 0 saturated heterocycles. The molecule has 0 unspecified atom stereocenters. The molecule has 0 fully saturated rings. The highest BCUT2D eigenvalue weighted by Gasteiger charge is 2.15. The fraction of sp³-hybridized carbons (Fsp3) is 0.235. The fourth-order valence-electron chi connectivity index (χ4n) is 2.76. The van der Waals surface area contributed by atoms with Gasteiger partial charge in [0, 0.05) is 11.3 Å². The molecule has 0 aliphatic heterocycles. The highest BCUT2D eigenvalue weighted by molar-refractivity contribution is 5.78. The van der Waals surface area contributed by atoms with Gasteiger partial charge >= 0.3 is 0 Å². The molecular formula is C17H19N3. The van der Waals surface area contributed by atoms with Gasteiger partial charge in [-0.3, -0.25) is 4.40 Å². The standard InChI is InChI=1S/C17H19N3/c1-10-8-12(3)20-15(9-10)19-16(17(20)18)14-7-5-6-11(2)13(14)4/h5-9H,18H2,1-4H3. The minimum atomic E-state index is 0.714. The molecule has 0 aliphatic rings. The second-order valence-electron chi connectivity index (χ2n) is 5.46. The minimum Gasteiger partial charge on any atom is -0.383 e. The Morgan fingerprint density at radius 2 is 1.80 bits per heavy atom. The van der Waals surface area contributed by atoms with E-state index in [9.17, 15) is 0 Å². The van der Waals surface area contributed by atoms with E-state index in [2.05, 4.69) is 58.0 Å². The summed E-state index contributed by atoms with van der Waals surface area (Å²) in [4.78, 5) is 4.74. The molecule has 2 aromatic heterocycles. The summed E-state index contributed by atoms with van der Waals surface area (Å²) in [5.74, 6) is 0.714. The van der Waals surface area contributed by atoms with Crippen LogP contribution in [0.1, 0.15) is 22.4 Å². The Hall–Kier alpha value is -2.29. The van der Waals surface area contributed by atoms with Gasteiger partial charge in [-0.05, 0) is 56.5 Å². The number of nitrogen functional groups attached to an aromatic ring is 1. The quantitative estimate of drug-likeness (QED) is 0.727. The largest absolute Gasteiger partial charge is 0.383 e. The average Bonchev–Trinajstić information content (AvgIpc) is 2.70. The van der Waals surface area contributed by atoms with Crippen LogP contribution in [0, 0.1) is 27.7 Å². The topological polar surface area (TPSA) is 43.3 Å². The van der Waals surface area contributed by atoms with Crippen molar-refractivity contribution in [2.45, 2.75) is 27.7 Å². The molecule has 102 valence electrons. The van der Waals surface area contributed by atoms with Gasteiger partial charge < -0.3 is 5.73 Å². The highest BCUT2D eigenvalue weighted by Crippen LogP contribution is 2.31. The van der Waals surface area contributed by atoms with Crippen molar-refractivity contribution in [3.05, 3.63) is 52.7 Å². The highest BCUT2D eigenvalue weighted by atomic mass is 15.1. The zero-order valence-corrected chi connectivity index (χ0v) is 12.4. The molecule has 20 heavy (non-hydrogen) atoms. The maximum Gasteiger partial charge on any atom is 0.139 e. The second kappa shape index (κ2) is 4.37. The number of rotatable bonds is 1. The molecule has 0 radical (unpaired) electrons. The van der Waals surface area contributed by atoms with E-state index in [1.54, 1.807) is 0 Å². The summed E-state index contributed by atoms with van der Waals surface area (Å²) in [6.07, 6.45) is 0. The van der Waals surface area contributed by atoms with E-state index < -0.39 is 0 Å². The third-order valence-corrected chi connectivity index (χ3v) is 3.94. The molecular weight excluding hydrogens is 246 g/mol. The smallest absolute Gasteiger partial charge is 0.139 e. The molecule has 1 aromatic carbocycles. The van der Waals surface area contributed by atoms with Gasteiger partial charge in [0.05, 0.1) is 0 Å². The number of aryl methyl sites for hydroxylation is 3. The van der Waals surface area contributed by atoms with E-state index >= 15 is 0 Å². The van der Waals surface area contributed by atoms with E-state index in [1.807, 2.05) is 4.40 Å². The Kier molecular flexibility index (Phi) is 2.78. The second-order valence-corrected chi connectivity index (χ2v) is 5.46. The number of nitrogens with zero attached hydrogens (tertiary/aromatic N) is 2. The van der Waals surface area contributed by atoms with Gasteiger partial charge in [-0.2, -0.15) is 0 Å². The number of hydrogen-bond acceptors (Lipinski definition) is 2. The van der Waals surface area contributed by atoms with Gasteiger partial charge in [-0.1, -0.05) is 18.2 Å². The van der Waals surface area contributed by atoms with E-state index in [4.69, 9.17) is 10.7 Å². The number of fused-ring (bicyclic) bond motifs is 1. The summed E-state index contributed by atoms with van der Waals surface area (Å²) in [6, 6.07) is 10.4. The van der Waals surface area contributed by atoms with Gasteiger partial charge in [-0.25, -0.2) is 4.98 Å². The average molecular weight is 265 g/mol. The summed E-state index contributed by atoms with van der Waals surface area (Å²) < 4.78 is 2.02. The molecule has 2 heterocycles. The minimum absolute atomic E-state index is 0.714. The molecule has 3 rings (SSSR count). The van der Waals surface area contributed by atoms with Crippen molar-refractivity contribution in [2.75, 3.05) is 5.73 Å². The van der Waals surface area contributed by atoms with Gasteiger partial charge in [0.15, 0.2) is 0 Å². The number of nitrogens with two attached hydrogens (primary N) is 1. The fourth-order valence-corrected chi connectivity index (χ4v) is 2.76. The van der Waals surface area contributed by atoms with E-state index in [-0.39, 0.29) is 0 Å². The summed E-state index contributed by atoms with van der Waals surface area (Å²) in [7, 11) is 0. The number of benzene rings is 1. The van der Waals surface area contributed by atoms with Crippen LogP contribution in [0.15, 0.2) is 30.3 Å². The molecule has 3 nitrogen and oxygen atoms in total. The van der Waals surface area contributed by atoms with Gasteiger partial charge in [-0.15, -0.1) is 0 Å². The molecule has 0 saturated carbocycles. The third kappa shape index (κ3) is 1.78.